The molecular formula is C70H42N6Se. The number of fused-ring (bicyclic) bond motifs is 7. The van der Waals surface area contributed by atoms with Gasteiger partial charge in [-0.25, -0.2) is 0 Å². The Kier molecular flexibility index (Phi) is 10.8. The molecule has 15 rings (SSSR count). The number of benzene rings is 12. The third kappa shape index (κ3) is 7.55. The molecule has 0 N–H and O–H groups in total. The van der Waals surface area contributed by atoms with Gasteiger partial charge >= 0.3 is 404 Å². The van der Waals surface area contributed by atoms with Crippen LogP contribution in [0.3, 0.4) is 0 Å². The molecule has 0 aliphatic heterocycles. The van der Waals surface area contributed by atoms with Crippen LogP contribution in [0.25, 0.3) is 153 Å². The van der Waals surface area contributed by atoms with Crippen molar-refractivity contribution >= 4 is 76.9 Å². The maximum absolute atomic E-state index is 5.30. The quantitative estimate of drug-likeness (QED) is 0.111. The van der Waals surface area contributed by atoms with Gasteiger partial charge < -0.3 is 0 Å². The summed E-state index contributed by atoms with van der Waals surface area (Å²) in [4.78, 5) is 31.3. The van der Waals surface area contributed by atoms with Crippen molar-refractivity contribution in [3.63, 3.8) is 0 Å². The van der Waals surface area contributed by atoms with E-state index in [0.717, 1.165) is 76.5 Å². The van der Waals surface area contributed by atoms with E-state index >= 15 is 0 Å². The monoisotopic (exact) mass is 1050 g/mol. The molecule has 0 fully saturated rings. The van der Waals surface area contributed by atoms with Gasteiger partial charge in [0.2, 0.25) is 0 Å². The summed E-state index contributed by atoms with van der Waals surface area (Å²) in [7, 11) is 0. The van der Waals surface area contributed by atoms with Crippen LogP contribution in [0, 0.1) is 0 Å². The Morgan fingerprint density at radius 2 is 0.481 bits per heavy atom. The molecule has 7 heteroatoms. The fourth-order valence-corrected chi connectivity index (χ4v) is 14.0. The molecule has 358 valence electrons. The second kappa shape index (κ2) is 18.6. The fraction of sp³-hybridized carbons (Fsp3) is 0. The summed E-state index contributed by atoms with van der Waals surface area (Å²) >= 11 is -0.0143. The van der Waals surface area contributed by atoms with E-state index in [-0.39, 0.29) is 14.5 Å². The molecule has 12 aromatic carbocycles. The normalized spacial score (nSPS) is 11.6. The number of aromatic nitrogens is 6. The molecule has 0 spiro atoms. The molecule has 0 bridgehead atoms. The molecule has 0 unspecified atom stereocenters. The summed E-state index contributed by atoms with van der Waals surface area (Å²) in [6.07, 6.45) is 0. The van der Waals surface area contributed by atoms with E-state index in [0.29, 0.717) is 34.9 Å². The standard InChI is InChI=1S/C70H42N6Se/c1-5-23-43(24-6-1)65-71-66(44-25-7-2-8-26-44)74-69(73-65)62-51-35-17-13-31-47(51)59(48-32-14-18-36-52(48)62)55-39-22-42-58-61(55)57-41-21-40-56(64(57)77-58)60-49-33-15-19-37-53(49)63(54-38-20-16-34-50(54)60)70-75-67(45-27-9-3-10-28-45)72-68(76-70)46-29-11-4-12-30-46/h1-42H. The van der Waals surface area contributed by atoms with Gasteiger partial charge in [-0.3, -0.25) is 0 Å². The second-order valence-corrected chi connectivity index (χ2v) is 21.4. The van der Waals surface area contributed by atoms with Crippen molar-refractivity contribution < 1.29 is 0 Å². The van der Waals surface area contributed by atoms with E-state index in [2.05, 4.69) is 182 Å². The molecule has 15 aromatic rings. The SMILES string of the molecule is c1ccc(-c2nc(-c3ccccc3)nc(-c3c4ccccc4c(-c4cccc5c4[se]c4cccc(-c6c7ccccc7c(-c7nc(-c8ccccc8)nc(-c8ccccc8)n7)c7ccccc67)c45)c4ccccc34)n2)cc1. The van der Waals surface area contributed by atoms with Gasteiger partial charge in [-0.1, -0.05) is 48.5 Å². The Labute approximate surface area is 449 Å². The van der Waals surface area contributed by atoms with E-state index in [1.807, 2.05) is 72.8 Å². The topological polar surface area (TPSA) is 77.3 Å². The van der Waals surface area contributed by atoms with Crippen molar-refractivity contribution in [1.29, 1.82) is 0 Å². The molecule has 0 atom stereocenters. The second-order valence-electron chi connectivity index (χ2n) is 19.2. The minimum absolute atomic E-state index is 0.0143. The third-order valence-electron chi connectivity index (χ3n) is 14.8. The van der Waals surface area contributed by atoms with Crippen molar-refractivity contribution in [1.82, 2.24) is 29.9 Å². The Balaban J connectivity index is 0.959. The molecule has 77 heavy (non-hydrogen) atoms. The minimum atomic E-state index is -0.0143. The first-order valence-electron chi connectivity index (χ1n) is 25.8. The molecule has 0 saturated heterocycles. The van der Waals surface area contributed by atoms with Crippen molar-refractivity contribution in [3.8, 4) is 90.6 Å². The van der Waals surface area contributed by atoms with Crippen LogP contribution < -0.4 is 0 Å². The molecule has 6 nitrogen and oxygen atoms in total. The first-order chi connectivity index (χ1) is 38.2. The van der Waals surface area contributed by atoms with Crippen LogP contribution in [0.4, 0.5) is 0 Å². The van der Waals surface area contributed by atoms with E-state index in [1.54, 1.807) is 0 Å². The number of hydrogen-bond acceptors (Lipinski definition) is 6. The number of hydrogen-bond donors (Lipinski definition) is 0. The number of rotatable bonds is 8. The van der Waals surface area contributed by atoms with Gasteiger partial charge in [0, 0.05) is 0 Å². The zero-order chi connectivity index (χ0) is 50.8. The van der Waals surface area contributed by atoms with Gasteiger partial charge in [0.05, 0.1) is 0 Å². The van der Waals surface area contributed by atoms with Crippen molar-refractivity contribution in [3.05, 3.63) is 255 Å². The van der Waals surface area contributed by atoms with Gasteiger partial charge in [-0.15, -0.1) is 0 Å². The van der Waals surface area contributed by atoms with Gasteiger partial charge in [0.15, 0.2) is 0 Å². The zero-order valence-electron chi connectivity index (χ0n) is 41.3. The van der Waals surface area contributed by atoms with Crippen LogP contribution in [0.2, 0.25) is 0 Å². The Bertz CT molecular complexity index is 4560. The van der Waals surface area contributed by atoms with Gasteiger partial charge in [-0.2, -0.15) is 0 Å². The van der Waals surface area contributed by atoms with E-state index < -0.39 is 0 Å². The average Bonchev–Trinajstić information content (AvgIpc) is 3.97. The summed E-state index contributed by atoms with van der Waals surface area (Å²) in [6.45, 7) is 0. The van der Waals surface area contributed by atoms with Crippen LogP contribution in [0.5, 0.6) is 0 Å². The van der Waals surface area contributed by atoms with E-state index in [1.165, 1.54) is 41.5 Å². The molecule has 0 amide bonds. The van der Waals surface area contributed by atoms with E-state index in [4.69, 9.17) is 29.9 Å². The Morgan fingerprint density at radius 3 is 0.844 bits per heavy atom. The summed E-state index contributed by atoms with van der Waals surface area (Å²) in [5.41, 5.74) is 10.6. The maximum atomic E-state index is 5.30. The van der Waals surface area contributed by atoms with Crippen molar-refractivity contribution in [2.75, 3.05) is 0 Å². The van der Waals surface area contributed by atoms with Crippen LogP contribution in [-0.2, 0) is 0 Å². The first kappa shape index (κ1) is 44.7. The van der Waals surface area contributed by atoms with Gasteiger partial charge in [-0.05, 0) is 0 Å². The average molecular weight is 1050 g/mol. The van der Waals surface area contributed by atoms with Crippen LogP contribution in [0.1, 0.15) is 0 Å². The zero-order valence-corrected chi connectivity index (χ0v) is 43.1. The molecule has 0 aliphatic rings. The van der Waals surface area contributed by atoms with Crippen molar-refractivity contribution in [2.45, 2.75) is 0 Å². The van der Waals surface area contributed by atoms with Gasteiger partial charge in [0.1, 0.15) is 0 Å². The Hall–Kier alpha value is -9.78. The molecule has 3 aromatic heterocycles. The molecular weight excluding hydrogens is 1000 g/mol. The van der Waals surface area contributed by atoms with Crippen LogP contribution in [-0.4, -0.2) is 44.4 Å². The predicted molar refractivity (Wildman–Crippen MR) is 319 cm³/mol. The summed E-state index contributed by atoms with van der Waals surface area (Å²) in [5.74, 6) is 3.83. The molecule has 3 heterocycles. The third-order valence-corrected chi connectivity index (χ3v) is 17.3. The molecule has 0 radical (unpaired) electrons. The van der Waals surface area contributed by atoms with Crippen LogP contribution in [0.15, 0.2) is 255 Å². The first-order valence-corrected chi connectivity index (χ1v) is 27.5. The van der Waals surface area contributed by atoms with Crippen molar-refractivity contribution in [2.24, 2.45) is 0 Å². The fourth-order valence-electron chi connectivity index (χ4n) is 11.4. The summed E-state index contributed by atoms with van der Waals surface area (Å²) in [5, 5.41) is 11.5. The Morgan fingerprint density at radius 1 is 0.208 bits per heavy atom. The number of nitrogens with zero attached hydrogens (tertiary/aromatic N) is 6. The van der Waals surface area contributed by atoms with Gasteiger partial charge in [0.25, 0.3) is 0 Å². The summed E-state index contributed by atoms with van der Waals surface area (Å²) in [6, 6.07) is 89.9. The summed E-state index contributed by atoms with van der Waals surface area (Å²) < 4.78 is 2.74. The van der Waals surface area contributed by atoms with E-state index in [9.17, 15) is 0 Å². The molecule has 0 saturated carbocycles. The predicted octanol–water partition coefficient (Wildman–Crippen LogP) is 17.4. The molecule has 0 aliphatic carbocycles. The van der Waals surface area contributed by atoms with Crippen LogP contribution >= 0.6 is 0 Å².